The van der Waals surface area contributed by atoms with Crippen LogP contribution in [0, 0.1) is 5.82 Å². The zero-order valence-electron chi connectivity index (χ0n) is 17.1. The molecule has 11 heteroatoms. The zero-order chi connectivity index (χ0) is 22.8. The van der Waals surface area contributed by atoms with E-state index in [0.717, 1.165) is 6.26 Å². The minimum atomic E-state index is -3.65. The molecule has 0 saturated carbocycles. The molecule has 1 heterocycles. The van der Waals surface area contributed by atoms with E-state index in [1.54, 1.807) is 19.9 Å². The molecule has 2 aromatic carbocycles. The highest BCUT2D eigenvalue weighted by atomic mass is 32.2. The number of hydrogen-bond acceptors (Lipinski definition) is 6. The molecule has 31 heavy (non-hydrogen) atoms. The molecule has 0 saturated heterocycles. The van der Waals surface area contributed by atoms with E-state index in [1.807, 2.05) is 0 Å². The molecule has 0 bridgehead atoms. The van der Waals surface area contributed by atoms with E-state index in [0.29, 0.717) is 16.7 Å². The van der Waals surface area contributed by atoms with E-state index < -0.39 is 39.9 Å². The van der Waals surface area contributed by atoms with Crippen LogP contribution in [0.1, 0.15) is 48.6 Å². The van der Waals surface area contributed by atoms with Crippen molar-refractivity contribution in [3.05, 3.63) is 69.3 Å². The van der Waals surface area contributed by atoms with Crippen LogP contribution in [-0.4, -0.2) is 27.2 Å². The van der Waals surface area contributed by atoms with Crippen LogP contribution in [0.15, 0.2) is 41.5 Å². The fourth-order valence-electron chi connectivity index (χ4n) is 3.50. The van der Waals surface area contributed by atoms with Crippen molar-refractivity contribution in [2.75, 3.05) is 17.6 Å². The van der Waals surface area contributed by atoms with E-state index in [4.69, 9.17) is 15.0 Å². The second-order valence-corrected chi connectivity index (χ2v) is 8.80. The Hall–Kier alpha value is -3.30. The van der Waals surface area contributed by atoms with E-state index in [-0.39, 0.29) is 18.0 Å². The van der Waals surface area contributed by atoms with Crippen LogP contribution in [0.5, 0.6) is 5.75 Å². The fourth-order valence-corrected chi connectivity index (χ4v) is 4.07. The van der Waals surface area contributed by atoms with Crippen molar-refractivity contribution in [1.29, 1.82) is 0 Å². The summed E-state index contributed by atoms with van der Waals surface area (Å²) in [6.07, 6.45) is 0.192. The highest BCUT2D eigenvalue weighted by Crippen LogP contribution is 2.49. The van der Waals surface area contributed by atoms with Crippen LogP contribution in [-0.2, 0) is 19.6 Å². The van der Waals surface area contributed by atoms with Crippen LogP contribution >= 0.6 is 0 Å². The second-order valence-electron chi connectivity index (χ2n) is 7.05. The van der Waals surface area contributed by atoms with Crippen molar-refractivity contribution in [3.8, 4) is 5.75 Å². The van der Waals surface area contributed by atoms with E-state index in [9.17, 15) is 17.6 Å². The zero-order valence-corrected chi connectivity index (χ0v) is 17.9. The van der Waals surface area contributed by atoms with E-state index in [2.05, 4.69) is 14.7 Å². The third-order valence-corrected chi connectivity index (χ3v) is 5.37. The first-order valence-corrected chi connectivity index (χ1v) is 11.3. The lowest BCUT2D eigenvalue weighted by Gasteiger charge is -2.18. The first-order valence-electron chi connectivity index (χ1n) is 9.43. The third kappa shape index (κ3) is 4.89. The molecule has 0 aromatic heterocycles. The monoisotopic (exact) mass is 448 g/mol. The highest BCUT2D eigenvalue weighted by Gasteiger charge is 2.42. The van der Waals surface area contributed by atoms with Gasteiger partial charge in [-0.1, -0.05) is 24.2 Å². The topological polar surface area (TPSA) is 130 Å². The second kappa shape index (κ2) is 8.83. The molecule has 164 valence electrons. The maximum absolute atomic E-state index is 13.4. The number of anilines is 1. The van der Waals surface area contributed by atoms with Crippen LogP contribution in [0.2, 0.25) is 0 Å². The van der Waals surface area contributed by atoms with Gasteiger partial charge in [-0.3, -0.25) is 9.52 Å². The van der Waals surface area contributed by atoms with E-state index in [1.165, 1.54) is 30.3 Å². The number of nitrogens with one attached hydrogen (secondary N) is 1. The van der Waals surface area contributed by atoms with Gasteiger partial charge in [0.1, 0.15) is 23.6 Å². The van der Waals surface area contributed by atoms with Gasteiger partial charge < -0.3 is 9.47 Å². The number of hydrogen-bond donors (Lipinski definition) is 1. The minimum Gasteiger partial charge on any atom is -0.484 e. The van der Waals surface area contributed by atoms with Gasteiger partial charge in [0.25, 0.3) is 0 Å². The van der Waals surface area contributed by atoms with Crippen molar-refractivity contribution in [2.45, 2.75) is 31.9 Å². The number of carbonyl (C=O) groups is 1. The quantitative estimate of drug-likeness (QED) is 0.291. The van der Waals surface area contributed by atoms with Crippen LogP contribution in [0.25, 0.3) is 10.4 Å². The largest absolute Gasteiger partial charge is 0.484 e. The van der Waals surface area contributed by atoms with Crippen molar-refractivity contribution in [3.63, 3.8) is 0 Å². The van der Waals surface area contributed by atoms with Gasteiger partial charge in [-0.25, -0.2) is 12.8 Å². The third-order valence-electron chi connectivity index (χ3n) is 4.78. The highest BCUT2D eigenvalue weighted by molar-refractivity contribution is 7.92. The lowest BCUT2D eigenvalue weighted by atomic mass is 9.89. The summed E-state index contributed by atoms with van der Waals surface area (Å²) in [5.74, 6) is -1.57. The molecule has 3 rings (SSSR count). The first-order chi connectivity index (χ1) is 14.6. The SMILES string of the molecule is CCOC(=O)C1c2cc(C(C)N=[N+]=[N-])c(NS(C)(=O)=O)cc2OC1c1ccc(F)cc1. The Balaban J connectivity index is 2.17. The van der Waals surface area contributed by atoms with Crippen LogP contribution < -0.4 is 9.46 Å². The number of carbonyl (C=O) groups excluding carboxylic acids is 1. The maximum atomic E-state index is 13.4. The average Bonchev–Trinajstić information content (AvgIpc) is 3.05. The number of ether oxygens (including phenoxy) is 2. The normalized spacial score (nSPS) is 18.3. The number of sulfonamides is 1. The minimum absolute atomic E-state index is 0.149. The number of fused-ring (bicyclic) bond motifs is 1. The summed E-state index contributed by atoms with van der Waals surface area (Å²) in [5, 5.41) is 3.65. The van der Waals surface area contributed by atoms with Gasteiger partial charge in [-0.15, -0.1) is 0 Å². The number of azide groups is 1. The predicted octanol–water partition coefficient (Wildman–Crippen LogP) is 4.35. The Morgan fingerprint density at radius 3 is 2.61 bits per heavy atom. The molecule has 1 aliphatic rings. The standard InChI is InChI=1S/C20H21FN4O5S/c1-4-29-20(26)18-15-9-14(11(2)23-25-22)16(24-31(3,27)28)10-17(15)30-19(18)12-5-7-13(21)8-6-12/h5-11,18-19,24H,4H2,1-3H3. The predicted molar refractivity (Wildman–Crippen MR) is 112 cm³/mol. The maximum Gasteiger partial charge on any atom is 0.317 e. The number of halogens is 1. The molecule has 0 spiro atoms. The number of rotatable bonds is 7. The molecule has 9 nitrogen and oxygen atoms in total. The number of nitrogens with zero attached hydrogens (tertiary/aromatic N) is 3. The Bertz CT molecular complexity index is 1150. The Morgan fingerprint density at radius 2 is 2.03 bits per heavy atom. The lowest BCUT2D eigenvalue weighted by Crippen LogP contribution is -2.21. The molecule has 1 N–H and O–H groups in total. The van der Waals surface area contributed by atoms with Gasteiger partial charge in [-0.05, 0) is 41.8 Å². The van der Waals surface area contributed by atoms with Gasteiger partial charge >= 0.3 is 5.97 Å². The molecule has 0 aliphatic carbocycles. The van der Waals surface area contributed by atoms with Crippen LogP contribution in [0.4, 0.5) is 10.1 Å². The Labute approximate surface area is 178 Å². The first kappa shape index (κ1) is 22.4. The van der Waals surface area contributed by atoms with Gasteiger partial charge in [0.2, 0.25) is 10.0 Å². The summed E-state index contributed by atoms with van der Waals surface area (Å²) in [6.45, 7) is 3.42. The van der Waals surface area contributed by atoms with Gasteiger partial charge in [0.05, 0.1) is 24.6 Å². The Morgan fingerprint density at radius 1 is 1.35 bits per heavy atom. The molecule has 3 atom stereocenters. The number of benzene rings is 2. The van der Waals surface area contributed by atoms with Crippen molar-refractivity contribution < 1.29 is 27.1 Å². The summed E-state index contributed by atoms with van der Waals surface area (Å²) in [4.78, 5) is 15.6. The summed E-state index contributed by atoms with van der Waals surface area (Å²) in [6, 6.07) is 7.84. The summed E-state index contributed by atoms with van der Waals surface area (Å²) in [7, 11) is -3.65. The molecule has 0 amide bonds. The molecule has 3 unspecified atom stereocenters. The van der Waals surface area contributed by atoms with Crippen molar-refractivity contribution >= 4 is 21.7 Å². The summed E-state index contributed by atoms with van der Waals surface area (Å²) in [5.41, 5.74) is 10.4. The summed E-state index contributed by atoms with van der Waals surface area (Å²) < 4.78 is 50.7. The molecular weight excluding hydrogens is 427 g/mol. The Kier molecular flexibility index (Phi) is 6.37. The summed E-state index contributed by atoms with van der Waals surface area (Å²) >= 11 is 0. The van der Waals surface area contributed by atoms with Crippen LogP contribution in [0.3, 0.4) is 0 Å². The molecule has 1 aliphatic heterocycles. The molecular formula is C20H21FN4O5S. The fraction of sp³-hybridized carbons (Fsp3) is 0.350. The van der Waals surface area contributed by atoms with Gasteiger partial charge in [-0.2, -0.15) is 0 Å². The molecule has 0 radical (unpaired) electrons. The molecule has 2 aromatic rings. The number of esters is 1. The average molecular weight is 448 g/mol. The van der Waals surface area contributed by atoms with Gasteiger partial charge in [0, 0.05) is 16.5 Å². The van der Waals surface area contributed by atoms with E-state index >= 15 is 0 Å². The lowest BCUT2D eigenvalue weighted by molar-refractivity contribution is -0.146. The molecule has 0 fully saturated rings. The van der Waals surface area contributed by atoms with Gasteiger partial charge in [0.15, 0.2) is 0 Å². The van der Waals surface area contributed by atoms with Crippen molar-refractivity contribution in [2.24, 2.45) is 5.11 Å². The van der Waals surface area contributed by atoms with Crippen molar-refractivity contribution in [1.82, 2.24) is 0 Å². The smallest absolute Gasteiger partial charge is 0.317 e.